The lowest BCUT2D eigenvalue weighted by atomic mass is 10.1. The van der Waals surface area contributed by atoms with Gasteiger partial charge in [-0.1, -0.05) is 54.6 Å². The van der Waals surface area contributed by atoms with Gasteiger partial charge in [-0.25, -0.2) is 0 Å². The minimum atomic E-state index is -0.0189. The van der Waals surface area contributed by atoms with Gasteiger partial charge in [0.1, 0.15) is 0 Å². The maximum absolute atomic E-state index is 12.1. The highest BCUT2D eigenvalue weighted by Gasteiger charge is 2.14. The molecule has 0 atom stereocenters. The monoisotopic (exact) mass is 306 g/mol. The SMILES string of the molecule is O=C(NC1=CCN(CCc2ccccc2)CC1)c1ccccc1. The first-order valence-electron chi connectivity index (χ1n) is 8.13. The summed E-state index contributed by atoms with van der Waals surface area (Å²) >= 11 is 0. The van der Waals surface area contributed by atoms with Crippen LogP contribution >= 0.6 is 0 Å². The summed E-state index contributed by atoms with van der Waals surface area (Å²) in [5, 5.41) is 3.02. The summed E-state index contributed by atoms with van der Waals surface area (Å²) in [6.45, 7) is 2.95. The summed E-state index contributed by atoms with van der Waals surface area (Å²) in [5.74, 6) is -0.0189. The van der Waals surface area contributed by atoms with Crippen LogP contribution in [0.4, 0.5) is 0 Å². The van der Waals surface area contributed by atoms with Crippen LogP contribution in [0.3, 0.4) is 0 Å². The van der Waals surface area contributed by atoms with Gasteiger partial charge in [-0.15, -0.1) is 0 Å². The van der Waals surface area contributed by atoms with Gasteiger partial charge in [-0.3, -0.25) is 9.69 Å². The van der Waals surface area contributed by atoms with Crippen LogP contribution in [0.15, 0.2) is 72.4 Å². The van der Waals surface area contributed by atoms with Crippen molar-refractivity contribution in [3.8, 4) is 0 Å². The van der Waals surface area contributed by atoms with Crippen molar-refractivity contribution in [2.75, 3.05) is 19.6 Å². The largest absolute Gasteiger partial charge is 0.326 e. The van der Waals surface area contributed by atoms with Crippen LogP contribution in [-0.4, -0.2) is 30.4 Å². The molecule has 3 heteroatoms. The molecule has 1 aliphatic rings. The Hall–Kier alpha value is -2.39. The van der Waals surface area contributed by atoms with Gasteiger partial charge >= 0.3 is 0 Å². The molecule has 1 aliphatic heterocycles. The summed E-state index contributed by atoms with van der Waals surface area (Å²) in [6.07, 6.45) is 4.10. The van der Waals surface area contributed by atoms with Crippen molar-refractivity contribution >= 4 is 5.91 Å². The van der Waals surface area contributed by atoms with Crippen molar-refractivity contribution in [1.82, 2.24) is 10.2 Å². The quantitative estimate of drug-likeness (QED) is 0.919. The molecule has 1 amide bonds. The second-order valence-corrected chi connectivity index (χ2v) is 5.84. The molecule has 2 aromatic rings. The van der Waals surface area contributed by atoms with E-state index in [4.69, 9.17) is 0 Å². The Bertz CT molecular complexity index is 665. The highest BCUT2D eigenvalue weighted by atomic mass is 16.1. The number of carbonyl (C=O) groups excluding carboxylic acids is 1. The third-order valence-electron chi connectivity index (χ3n) is 4.16. The minimum Gasteiger partial charge on any atom is -0.326 e. The van der Waals surface area contributed by atoms with E-state index in [1.165, 1.54) is 5.56 Å². The van der Waals surface area contributed by atoms with Gasteiger partial charge in [-0.2, -0.15) is 0 Å². The van der Waals surface area contributed by atoms with Crippen LogP contribution in [-0.2, 0) is 6.42 Å². The summed E-state index contributed by atoms with van der Waals surface area (Å²) < 4.78 is 0. The summed E-state index contributed by atoms with van der Waals surface area (Å²) in [4.78, 5) is 14.6. The van der Waals surface area contributed by atoms with Gasteiger partial charge in [0.05, 0.1) is 0 Å². The maximum Gasteiger partial charge on any atom is 0.255 e. The van der Waals surface area contributed by atoms with E-state index in [1.54, 1.807) is 0 Å². The number of benzene rings is 2. The molecule has 0 bridgehead atoms. The summed E-state index contributed by atoms with van der Waals surface area (Å²) in [7, 11) is 0. The van der Waals surface area contributed by atoms with Crippen LogP contribution in [0.5, 0.6) is 0 Å². The molecule has 0 unspecified atom stereocenters. The number of rotatable bonds is 5. The Morgan fingerprint density at radius 2 is 1.70 bits per heavy atom. The fourth-order valence-electron chi connectivity index (χ4n) is 2.77. The molecular weight excluding hydrogens is 284 g/mol. The van der Waals surface area contributed by atoms with Crippen LogP contribution in [0.2, 0.25) is 0 Å². The number of nitrogens with zero attached hydrogens (tertiary/aromatic N) is 1. The Morgan fingerprint density at radius 3 is 2.35 bits per heavy atom. The Labute approximate surface area is 137 Å². The standard InChI is InChI=1S/C20H22N2O/c23-20(18-9-5-2-6-10-18)21-19-12-15-22(16-13-19)14-11-17-7-3-1-4-8-17/h1-10,12H,11,13-16H2,(H,21,23). The number of nitrogens with one attached hydrogen (secondary N) is 1. The molecule has 0 aliphatic carbocycles. The molecule has 3 rings (SSSR count). The molecule has 1 N–H and O–H groups in total. The fraction of sp³-hybridized carbons (Fsp3) is 0.250. The number of hydrogen-bond acceptors (Lipinski definition) is 2. The van der Waals surface area contributed by atoms with Crippen molar-refractivity contribution in [2.45, 2.75) is 12.8 Å². The van der Waals surface area contributed by atoms with Crippen LogP contribution in [0.25, 0.3) is 0 Å². The van der Waals surface area contributed by atoms with Crippen LogP contribution < -0.4 is 5.32 Å². The Balaban J connectivity index is 1.47. The normalized spacial score (nSPS) is 15.0. The van der Waals surface area contributed by atoms with E-state index in [9.17, 15) is 4.79 Å². The van der Waals surface area contributed by atoms with E-state index in [0.29, 0.717) is 5.56 Å². The van der Waals surface area contributed by atoms with Crippen LogP contribution in [0.1, 0.15) is 22.3 Å². The van der Waals surface area contributed by atoms with Crippen molar-refractivity contribution in [2.24, 2.45) is 0 Å². The predicted molar refractivity (Wildman–Crippen MR) is 93.2 cm³/mol. The zero-order valence-electron chi connectivity index (χ0n) is 13.2. The lowest BCUT2D eigenvalue weighted by Crippen LogP contribution is -2.35. The fourth-order valence-corrected chi connectivity index (χ4v) is 2.77. The molecule has 1 heterocycles. The number of carbonyl (C=O) groups is 1. The molecule has 0 aromatic heterocycles. The highest BCUT2D eigenvalue weighted by Crippen LogP contribution is 2.11. The topological polar surface area (TPSA) is 32.3 Å². The van der Waals surface area contributed by atoms with E-state index < -0.39 is 0 Å². The lowest BCUT2D eigenvalue weighted by Gasteiger charge is -2.26. The average Bonchev–Trinajstić information content (AvgIpc) is 2.63. The molecule has 23 heavy (non-hydrogen) atoms. The smallest absolute Gasteiger partial charge is 0.255 e. The third kappa shape index (κ3) is 4.54. The number of hydrogen-bond donors (Lipinski definition) is 1. The zero-order chi connectivity index (χ0) is 15.9. The highest BCUT2D eigenvalue weighted by molar-refractivity contribution is 5.95. The van der Waals surface area contributed by atoms with Crippen LogP contribution in [0, 0.1) is 0 Å². The molecule has 0 saturated heterocycles. The maximum atomic E-state index is 12.1. The van der Waals surface area contributed by atoms with Gasteiger partial charge in [0.15, 0.2) is 0 Å². The average molecular weight is 306 g/mol. The molecule has 0 spiro atoms. The molecule has 3 nitrogen and oxygen atoms in total. The van der Waals surface area contributed by atoms with Crippen molar-refractivity contribution in [3.63, 3.8) is 0 Å². The van der Waals surface area contributed by atoms with Gasteiger partial charge in [0.25, 0.3) is 5.91 Å². The second kappa shape index (κ2) is 7.75. The van der Waals surface area contributed by atoms with Crippen molar-refractivity contribution in [3.05, 3.63) is 83.6 Å². The van der Waals surface area contributed by atoms with E-state index in [2.05, 4.69) is 46.6 Å². The Kier molecular flexibility index (Phi) is 5.22. The molecular formula is C20H22N2O. The molecule has 0 fully saturated rings. The Morgan fingerprint density at radius 1 is 1.00 bits per heavy atom. The third-order valence-corrected chi connectivity index (χ3v) is 4.16. The predicted octanol–water partition coefficient (Wildman–Crippen LogP) is 3.25. The molecule has 0 saturated carbocycles. The zero-order valence-corrected chi connectivity index (χ0v) is 13.2. The van der Waals surface area contributed by atoms with E-state index in [1.807, 2.05) is 30.3 Å². The molecule has 118 valence electrons. The van der Waals surface area contributed by atoms with Gasteiger partial charge in [0.2, 0.25) is 0 Å². The van der Waals surface area contributed by atoms with E-state index in [-0.39, 0.29) is 5.91 Å². The lowest BCUT2D eigenvalue weighted by molar-refractivity contribution is 0.0962. The first kappa shape index (κ1) is 15.5. The first-order valence-corrected chi connectivity index (χ1v) is 8.13. The number of amides is 1. The van der Waals surface area contributed by atoms with Gasteiger partial charge < -0.3 is 5.32 Å². The second-order valence-electron chi connectivity index (χ2n) is 5.84. The minimum absolute atomic E-state index is 0.0189. The van der Waals surface area contributed by atoms with Gasteiger partial charge in [-0.05, 0) is 24.1 Å². The molecule has 0 radical (unpaired) electrons. The van der Waals surface area contributed by atoms with Crippen molar-refractivity contribution < 1.29 is 4.79 Å². The molecule has 2 aromatic carbocycles. The van der Waals surface area contributed by atoms with Gasteiger partial charge in [0, 0.05) is 37.3 Å². The van der Waals surface area contributed by atoms with E-state index in [0.717, 1.165) is 38.2 Å². The summed E-state index contributed by atoms with van der Waals surface area (Å²) in [6, 6.07) is 19.9. The van der Waals surface area contributed by atoms with E-state index >= 15 is 0 Å². The summed E-state index contributed by atoms with van der Waals surface area (Å²) in [5.41, 5.74) is 3.12. The van der Waals surface area contributed by atoms with Crippen molar-refractivity contribution in [1.29, 1.82) is 0 Å². The first-order chi connectivity index (χ1) is 11.3.